The summed E-state index contributed by atoms with van der Waals surface area (Å²) in [7, 11) is 1.30. The van der Waals surface area contributed by atoms with Crippen LogP contribution in [0.1, 0.15) is 0 Å². The second-order valence-electron chi connectivity index (χ2n) is 2.75. The van der Waals surface area contributed by atoms with Crippen molar-refractivity contribution in [2.75, 3.05) is 13.7 Å². The summed E-state index contributed by atoms with van der Waals surface area (Å²) in [6, 6.07) is 8.43. The molecule has 1 aromatic rings. The number of hydrogen-bond acceptors (Lipinski definition) is 4. The van der Waals surface area contributed by atoms with E-state index in [1.807, 2.05) is 18.2 Å². The number of rotatable bonds is 4. The molecule has 0 amide bonds. The van der Waals surface area contributed by atoms with E-state index >= 15 is 0 Å². The average molecular weight is 195 g/mol. The number of methoxy groups -OCH3 is 1. The lowest BCUT2D eigenvalue weighted by atomic mass is 10.3. The Morgan fingerprint density at radius 2 is 2.07 bits per heavy atom. The number of nitrogens with two attached hydrogens (primary N) is 1. The van der Waals surface area contributed by atoms with Gasteiger partial charge in [0.1, 0.15) is 18.4 Å². The van der Waals surface area contributed by atoms with Gasteiger partial charge in [0.25, 0.3) is 0 Å². The van der Waals surface area contributed by atoms with Crippen molar-refractivity contribution in [3.05, 3.63) is 30.3 Å². The highest BCUT2D eigenvalue weighted by Crippen LogP contribution is 2.08. The molecule has 0 radical (unpaired) electrons. The number of esters is 1. The maximum atomic E-state index is 10.9. The third-order valence-electron chi connectivity index (χ3n) is 1.68. The van der Waals surface area contributed by atoms with Gasteiger partial charge >= 0.3 is 5.97 Å². The van der Waals surface area contributed by atoms with Crippen molar-refractivity contribution in [1.29, 1.82) is 0 Å². The lowest BCUT2D eigenvalue weighted by molar-refractivity contribution is -0.142. The molecule has 1 unspecified atom stereocenters. The van der Waals surface area contributed by atoms with Crippen LogP contribution in [0.25, 0.3) is 0 Å². The molecule has 0 saturated carbocycles. The smallest absolute Gasteiger partial charge is 0.326 e. The molecule has 2 N–H and O–H groups in total. The van der Waals surface area contributed by atoms with Crippen LogP contribution in [-0.2, 0) is 9.53 Å². The first kappa shape index (κ1) is 10.5. The minimum atomic E-state index is -0.736. The Labute approximate surface area is 82.6 Å². The zero-order valence-electron chi connectivity index (χ0n) is 7.97. The Balaban J connectivity index is 2.38. The molecule has 0 fully saturated rings. The van der Waals surface area contributed by atoms with E-state index in [0.717, 1.165) is 0 Å². The van der Waals surface area contributed by atoms with E-state index in [2.05, 4.69) is 4.74 Å². The Morgan fingerprint density at radius 3 is 2.64 bits per heavy atom. The van der Waals surface area contributed by atoms with E-state index < -0.39 is 12.0 Å². The van der Waals surface area contributed by atoms with E-state index in [0.29, 0.717) is 5.75 Å². The molecule has 0 aromatic heterocycles. The third kappa shape index (κ3) is 3.06. The van der Waals surface area contributed by atoms with Gasteiger partial charge < -0.3 is 15.2 Å². The summed E-state index contributed by atoms with van der Waals surface area (Å²) in [6.07, 6.45) is 0. The Kier molecular flexibility index (Phi) is 3.94. The minimum Gasteiger partial charge on any atom is -0.491 e. The van der Waals surface area contributed by atoms with Crippen molar-refractivity contribution < 1.29 is 14.3 Å². The lowest BCUT2D eigenvalue weighted by Gasteiger charge is -2.10. The third-order valence-corrected chi connectivity index (χ3v) is 1.68. The lowest BCUT2D eigenvalue weighted by Crippen LogP contribution is -2.37. The average Bonchev–Trinajstić information content (AvgIpc) is 2.26. The van der Waals surface area contributed by atoms with Crippen LogP contribution in [0.2, 0.25) is 0 Å². The van der Waals surface area contributed by atoms with Gasteiger partial charge in [-0.15, -0.1) is 0 Å². The molecule has 4 nitrogen and oxygen atoms in total. The number of benzene rings is 1. The van der Waals surface area contributed by atoms with E-state index in [1.165, 1.54) is 7.11 Å². The number of para-hydroxylation sites is 1. The fraction of sp³-hybridized carbons (Fsp3) is 0.300. The first-order valence-electron chi connectivity index (χ1n) is 4.25. The van der Waals surface area contributed by atoms with Crippen LogP contribution in [0.4, 0.5) is 0 Å². The van der Waals surface area contributed by atoms with Gasteiger partial charge in [-0.05, 0) is 12.1 Å². The number of hydrogen-bond donors (Lipinski definition) is 1. The molecule has 0 aliphatic carbocycles. The van der Waals surface area contributed by atoms with Gasteiger partial charge in [0.2, 0.25) is 0 Å². The minimum absolute atomic E-state index is 0.122. The first-order valence-corrected chi connectivity index (χ1v) is 4.25. The Bertz CT molecular complexity index is 287. The fourth-order valence-electron chi connectivity index (χ4n) is 0.922. The van der Waals surface area contributed by atoms with Crippen molar-refractivity contribution in [2.45, 2.75) is 6.04 Å². The molecule has 0 saturated heterocycles. The largest absolute Gasteiger partial charge is 0.491 e. The number of ether oxygens (including phenoxy) is 2. The molecule has 0 aliphatic heterocycles. The van der Waals surface area contributed by atoms with Crippen LogP contribution in [0.5, 0.6) is 5.75 Å². The van der Waals surface area contributed by atoms with Crippen molar-refractivity contribution in [1.82, 2.24) is 0 Å². The number of carbonyl (C=O) groups excluding carboxylic acids is 1. The molecule has 0 spiro atoms. The van der Waals surface area contributed by atoms with Gasteiger partial charge in [0, 0.05) is 0 Å². The molecule has 1 rings (SSSR count). The summed E-state index contributed by atoms with van der Waals surface area (Å²) in [5, 5.41) is 0. The zero-order chi connectivity index (χ0) is 10.4. The van der Waals surface area contributed by atoms with Gasteiger partial charge in [0.05, 0.1) is 7.11 Å². The van der Waals surface area contributed by atoms with Crippen molar-refractivity contribution >= 4 is 5.97 Å². The maximum Gasteiger partial charge on any atom is 0.326 e. The van der Waals surface area contributed by atoms with Crippen LogP contribution >= 0.6 is 0 Å². The summed E-state index contributed by atoms with van der Waals surface area (Å²) in [4.78, 5) is 10.9. The van der Waals surface area contributed by atoms with Crippen molar-refractivity contribution in [3.8, 4) is 5.75 Å². The molecule has 0 bridgehead atoms. The van der Waals surface area contributed by atoms with Gasteiger partial charge in [-0.2, -0.15) is 0 Å². The summed E-state index contributed by atoms with van der Waals surface area (Å²) >= 11 is 0. The van der Waals surface area contributed by atoms with E-state index in [1.54, 1.807) is 12.1 Å². The molecule has 0 heterocycles. The molecule has 14 heavy (non-hydrogen) atoms. The van der Waals surface area contributed by atoms with Gasteiger partial charge in [-0.3, -0.25) is 4.79 Å². The van der Waals surface area contributed by atoms with Gasteiger partial charge in [-0.25, -0.2) is 0 Å². The van der Waals surface area contributed by atoms with Crippen molar-refractivity contribution in [2.24, 2.45) is 5.73 Å². The second-order valence-corrected chi connectivity index (χ2v) is 2.75. The summed E-state index contributed by atoms with van der Waals surface area (Å²) < 4.78 is 9.72. The molecular weight excluding hydrogens is 182 g/mol. The topological polar surface area (TPSA) is 61.5 Å². The molecule has 4 heteroatoms. The molecule has 0 aliphatic rings. The number of carbonyl (C=O) groups is 1. The van der Waals surface area contributed by atoms with Gasteiger partial charge in [0.15, 0.2) is 0 Å². The predicted molar refractivity (Wildman–Crippen MR) is 51.9 cm³/mol. The molecule has 1 atom stereocenters. The summed E-state index contributed by atoms with van der Waals surface area (Å²) in [5.74, 6) is 0.216. The van der Waals surface area contributed by atoms with E-state index in [-0.39, 0.29) is 6.61 Å². The Hall–Kier alpha value is -1.55. The highest BCUT2D eigenvalue weighted by Gasteiger charge is 2.13. The van der Waals surface area contributed by atoms with Crippen LogP contribution in [0.3, 0.4) is 0 Å². The van der Waals surface area contributed by atoms with Crippen molar-refractivity contribution in [3.63, 3.8) is 0 Å². The monoisotopic (exact) mass is 195 g/mol. The standard InChI is InChI=1S/C10H13NO3/c1-13-10(12)9(11)7-14-8-5-3-2-4-6-8/h2-6,9H,7,11H2,1H3. The molecule has 76 valence electrons. The predicted octanol–water partition coefficient (Wildman–Crippen LogP) is 0.566. The second kappa shape index (κ2) is 5.24. The maximum absolute atomic E-state index is 10.9. The van der Waals surface area contributed by atoms with E-state index in [9.17, 15) is 4.79 Å². The fourth-order valence-corrected chi connectivity index (χ4v) is 0.922. The van der Waals surface area contributed by atoms with Gasteiger partial charge in [-0.1, -0.05) is 18.2 Å². The SMILES string of the molecule is COC(=O)C(N)COc1ccccc1. The highest BCUT2D eigenvalue weighted by molar-refractivity contribution is 5.75. The Morgan fingerprint density at radius 1 is 1.43 bits per heavy atom. The zero-order valence-corrected chi connectivity index (χ0v) is 7.97. The molecule has 1 aromatic carbocycles. The summed E-state index contributed by atoms with van der Waals surface area (Å²) in [5.41, 5.74) is 5.48. The normalized spacial score (nSPS) is 11.9. The van der Waals surface area contributed by atoms with Crippen LogP contribution in [0.15, 0.2) is 30.3 Å². The summed E-state index contributed by atoms with van der Waals surface area (Å²) in [6.45, 7) is 0.122. The molecular formula is C10H13NO3. The highest BCUT2D eigenvalue weighted by atomic mass is 16.5. The van der Waals surface area contributed by atoms with Crippen LogP contribution in [-0.4, -0.2) is 25.7 Å². The first-order chi connectivity index (χ1) is 6.74. The van der Waals surface area contributed by atoms with E-state index in [4.69, 9.17) is 10.5 Å². The van der Waals surface area contributed by atoms with Crippen LogP contribution in [0, 0.1) is 0 Å². The quantitative estimate of drug-likeness (QED) is 0.713. The van der Waals surface area contributed by atoms with Crippen LogP contribution < -0.4 is 10.5 Å².